The average molecular weight is 313 g/mol. The van der Waals surface area contributed by atoms with E-state index in [0.29, 0.717) is 18.2 Å². The second-order valence-corrected chi connectivity index (χ2v) is 5.46. The van der Waals surface area contributed by atoms with Crippen LogP contribution >= 0.6 is 0 Å². The SMILES string of the molecule is COc1ccc([C@H]2OCC[C@@H]2NC(=O)c2cccc(C)n2)cn1. The highest BCUT2D eigenvalue weighted by molar-refractivity contribution is 5.92. The van der Waals surface area contributed by atoms with E-state index in [1.807, 2.05) is 25.1 Å². The van der Waals surface area contributed by atoms with Gasteiger partial charge in [0.15, 0.2) is 0 Å². The Morgan fingerprint density at radius 1 is 1.35 bits per heavy atom. The zero-order valence-corrected chi connectivity index (χ0v) is 13.2. The van der Waals surface area contributed by atoms with E-state index in [2.05, 4.69) is 15.3 Å². The summed E-state index contributed by atoms with van der Waals surface area (Å²) in [5, 5.41) is 3.01. The van der Waals surface area contributed by atoms with Crippen LogP contribution in [0.3, 0.4) is 0 Å². The summed E-state index contributed by atoms with van der Waals surface area (Å²) in [4.78, 5) is 20.8. The van der Waals surface area contributed by atoms with E-state index >= 15 is 0 Å². The molecule has 2 aromatic rings. The number of nitrogens with one attached hydrogen (secondary N) is 1. The first-order valence-electron chi connectivity index (χ1n) is 7.53. The average Bonchev–Trinajstić information content (AvgIpc) is 3.03. The van der Waals surface area contributed by atoms with E-state index in [1.54, 1.807) is 25.4 Å². The van der Waals surface area contributed by atoms with E-state index in [9.17, 15) is 4.79 Å². The molecule has 0 bridgehead atoms. The summed E-state index contributed by atoms with van der Waals surface area (Å²) >= 11 is 0. The lowest BCUT2D eigenvalue weighted by Gasteiger charge is -2.20. The van der Waals surface area contributed by atoms with Crippen LogP contribution in [0.4, 0.5) is 0 Å². The minimum Gasteiger partial charge on any atom is -0.481 e. The molecule has 1 fully saturated rings. The predicted molar refractivity (Wildman–Crippen MR) is 84.3 cm³/mol. The Bertz CT molecular complexity index is 688. The molecule has 120 valence electrons. The number of hydrogen-bond acceptors (Lipinski definition) is 5. The Morgan fingerprint density at radius 3 is 2.91 bits per heavy atom. The maximum atomic E-state index is 12.4. The first-order chi connectivity index (χ1) is 11.2. The van der Waals surface area contributed by atoms with Crippen molar-refractivity contribution >= 4 is 5.91 Å². The number of carbonyl (C=O) groups is 1. The van der Waals surface area contributed by atoms with Gasteiger partial charge in [-0.1, -0.05) is 6.07 Å². The van der Waals surface area contributed by atoms with Crippen molar-refractivity contribution in [2.45, 2.75) is 25.5 Å². The number of amides is 1. The Hall–Kier alpha value is -2.47. The number of carbonyl (C=O) groups excluding carboxylic acids is 1. The lowest BCUT2D eigenvalue weighted by molar-refractivity contribution is 0.0816. The molecule has 3 heterocycles. The van der Waals surface area contributed by atoms with Gasteiger partial charge in [0.25, 0.3) is 5.91 Å². The molecule has 1 N–H and O–H groups in total. The monoisotopic (exact) mass is 313 g/mol. The van der Waals surface area contributed by atoms with Crippen LogP contribution in [0.15, 0.2) is 36.5 Å². The molecule has 0 spiro atoms. The lowest BCUT2D eigenvalue weighted by atomic mass is 10.0. The smallest absolute Gasteiger partial charge is 0.270 e. The summed E-state index contributed by atoms with van der Waals surface area (Å²) in [6.45, 7) is 2.46. The van der Waals surface area contributed by atoms with Crippen molar-refractivity contribution in [3.05, 3.63) is 53.5 Å². The number of methoxy groups -OCH3 is 1. The number of nitrogens with zero attached hydrogens (tertiary/aromatic N) is 2. The number of pyridine rings is 2. The number of ether oxygens (including phenoxy) is 2. The van der Waals surface area contributed by atoms with E-state index < -0.39 is 0 Å². The normalized spacial score (nSPS) is 20.3. The van der Waals surface area contributed by atoms with Crippen LogP contribution in [-0.4, -0.2) is 35.6 Å². The molecule has 0 aromatic carbocycles. The Kier molecular flexibility index (Phi) is 4.52. The van der Waals surface area contributed by atoms with Crippen molar-refractivity contribution in [2.75, 3.05) is 13.7 Å². The third-order valence-corrected chi connectivity index (χ3v) is 3.83. The molecule has 0 radical (unpaired) electrons. The second-order valence-electron chi connectivity index (χ2n) is 5.46. The van der Waals surface area contributed by atoms with Gasteiger partial charge in [-0.2, -0.15) is 0 Å². The molecule has 2 atom stereocenters. The highest BCUT2D eigenvalue weighted by atomic mass is 16.5. The molecule has 0 saturated carbocycles. The predicted octanol–water partition coefficient (Wildman–Crippen LogP) is 2.05. The minimum absolute atomic E-state index is 0.0972. The highest BCUT2D eigenvalue weighted by Crippen LogP contribution is 2.29. The molecule has 2 aromatic heterocycles. The van der Waals surface area contributed by atoms with E-state index in [-0.39, 0.29) is 18.1 Å². The van der Waals surface area contributed by atoms with Crippen LogP contribution in [0.1, 0.15) is 34.3 Å². The van der Waals surface area contributed by atoms with Gasteiger partial charge >= 0.3 is 0 Å². The molecule has 0 unspecified atom stereocenters. The summed E-state index contributed by atoms with van der Waals surface area (Å²) in [6.07, 6.45) is 2.27. The maximum absolute atomic E-state index is 12.4. The van der Waals surface area contributed by atoms with Crippen molar-refractivity contribution in [1.29, 1.82) is 0 Å². The molecular weight excluding hydrogens is 294 g/mol. The van der Waals surface area contributed by atoms with E-state index in [0.717, 1.165) is 17.7 Å². The van der Waals surface area contributed by atoms with Crippen molar-refractivity contribution in [1.82, 2.24) is 15.3 Å². The van der Waals surface area contributed by atoms with Gasteiger partial charge in [0, 0.05) is 30.1 Å². The van der Waals surface area contributed by atoms with Crippen LogP contribution < -0.4 is 10.1 Å². The van der Waals surface area contributed by atoms with E-state index in [1.165, 1.54) is 0 Å². The molecule has 1 saturated heterocycles. The van der Waals surface area contributed by atoms with Gasteiger partial charge in [-0.3, -0.25) is 4.79 Å². The van der Waals surface area contributed by atoms with Crippen LogP contribution in [0, 0.1) is 6.92 Å². The molecule has 23 heavy (non-hydrogen) atoms. The first-order valence-corrected chi connectivity index (χ1v) is 7.53. The summed E-state index contributed by atoms with van der Waals surface area (Å²) < 4.78 is 10.8. The summed E-state index contributed by atoms with van der Waals surface area (Å²) in [6, 6.07) is 9.00. The topological polar surface area (TPSA) is 73.3 Å². The second kappa shape index (κ2) is 6.75. The van der Waals surface area contributed by atoms with Crippen molar-refractivity contribution < 1.29 is 14.3 Å². The van der Waals surface area contributed by atoms with Gasteiger partial charge in [0.2, 0.25) is 5.88 Å². The van der Waals surface area contributed by atoms with Gasteiger partial charge in [-0.05, 0) is 31.5 Å². The summed E-state index contributed by atoms with van der Waals surface area (Å²) in [5.74, 6) is 0.368. The number of aromatic nitrogens is 2. The van der Waals surface area contributed by atoms with Gasteiger partial charge in [0.1, 0.15) is 11.8 Å². The summed E-state index contributed by atoms with van der Waals surface area (Å²) in [7, 11) is 1.58. The third-order valence-electron chi connectivity index (χ3n) is 3.83. The lowest BCUT2D eigenvalue weighted by Crippen LogP contribution is -2.37. The molecule has 1 aliphatic rings. The minimum atomic E-state index is -0.206. The fourth-order valence-electron chi connectivity index (χ4n) is 2.66. The first kappa shape index (κ1) is 15.4. The largest absolute Gasteiger partial charge is 0.481 e. The van der Waals surface area contributed by atoms with Gasteiger partial charge in [-0.25, -0.2) is 9.97 Å². The zero-order valence-electron chi connectivity index (χ0n) is 13.2. The Morgan fingerprint density at radius 2 is 2.22 bits per heavy atom. The fraction of sp³-hybridized carbons (Fsp3) is 0.353. The van der Waals surface area contributed by atoms with Gasteiger partial charge < -0.3 is 14.8 Å². The standard InChI is InChI=1S/C17H19N3O3/c1-11-4-3-5-14(19-11)17(21)20-13-8-9-23-16(13)12-6-7-15(22-2)18-10-12/h3-7,10,13,16H,8-9H2,1-2H3,(H,20,21)/t13-,16+/m0/s1. The highest BCUT2D eigenvalue weighted by Gasteiger charge is 2.31. The number of aryl methyl sites for hydroxylation is 1. The Labute approximate surface area is 134 Å². The van der Waals surface area contributed by atoms with Crippen molar-refractivity contribution in [2.24, 2.45) is 0 Å². The molecule has 1 amide bonds. The van der Waals surface area contributed by atoms with E-state index in [4.69, 9.17) is 9.47 Å². The molecule has 1 aliphatic heterocycles. The van der Waals surface area contributed by atoms with Crippen LogP contribution in [-0.2, 0) is 4.74 Å². The third kappa shape index (κ3) is 3.48. The van der Waals surface area contributed by atoms with Crippen LogP contribution in [0.25, 0.3) is 0 Å². The van der Waals surface area contributed by atoms with Crippen molar-refractivity contribution in [3.8, 4) is 5.88 Å². The van der Waals surface area contributed by atoms with Crippen LogP contribution in [0.5, 0.6) is 5.88 Å². The molecule has 6 heteroatoms. The molecular formula is C17H19N3O3. The Balaban J connectivity index is 1.72. The van der Waals surface area contributed by atoms with Gasteiger partial charge in [-0.15, -0.1) is 0 Å². The molecule has 3 rings (SSSR count). The van der Waals surface area contributed by atoms with Gasteiger partial charge in [0.05, 0.1) is 13.2 Å². The summed E-state index contributed by atoms with van der Waals surface area (Å²) in [5.41, 5.74) is 2.16. The number of rotatable bonds is 4. The molecule has 0 aliphatic carbocycles. The fourth-order valence-corrected chi connectivity index (χ4v) is 2.66. The quantitative estimate of drug-likeness (QED) is 0.935. The van der Waals surface area contributed by atoms with Crippen LogP contribution in [0.2, 0.25) is 0 Å². The number of hydrogen-bond donors (Lipinski definition) is 1. The zero-order chi connectivity index (χ0) is 16.2. The van der Waals surface area contributed by atoms with Crippen molar-refractivity contribution in [3.63, 3.8) is 0 Å². The maximum Gasteiger partial charge on any atom is 0.270 e. The molecule has 6 nitrogen and oxygen atoms in total.